The Hall–Kier alpha value is -12.1. The molecule has 0 N–H and O–H groups in total. The molecule has 0 fully saturated rings. The van der Waals surface area contributed by atoms with Gasteiger partial charge in [0.2, 0.25) is 0 Å². The summed E-state index contributed by atoms with van der Waals surface area (Å²) in [5.74, 6) is 0. The van der Waals surface area contributed by atoms with Crippen molar-refractivity contribution < 1.29 is 8.83 Å². The van der Waals surface area contributed by atoms with E-state index in [-0.39, 0.29) is 0 Å². The lowest BCUT2D eigenvalue weighted by Gasteiger charge is -2.10. The van der Waals surface area contributed by atoms with Crippen LogP contribution in [0.15, 0.2) is 300 Å². The summed E-state index contributed by atoms with van der Waals surface area (Å²) in [7, 11) is 0. The van der Waals surface area contributed by atoms with Gasteiger partial charge in [-0.2, -0.15) is 0 Å². The second kappa shape index (κ2) is 17.8. The average molecular weight is 1150 g/mol. The summed E-state index contributed by atoms with van der Waals surface area (Å²) < 4.78 is 22.4. The summed E-state index contributed by atoms with van der Waals surface area (Å²) in [6, 6.07) is 106. The zero-order chi connectivity index (χ0) is 58.4. The van der Waals surface area contributed by atoms with Crippen molar-refractivity contribution in [3.05, 3.63) is 291 Å². The van der Waals surface area contributed by atoms with Crippen LogP contribution in [0.1, 0.15) is 0 Å². The van der Waals surface area contributed by atoms with Crippen molar-refractivity contribution in [2.75, 3.05) is 0 Å². The van der Waals surface area contributed by atoms with Gasteiger partial charge in [-0.3, -0.25) is 0 Å². The Labute approximate surface area is 512 Å². The van der Waals surface area contributed by atoms with Crippen molar-refractivity contribution in [1.29, 1.82) is 0 Å². The maximum atomic E-state index is 6.37. The quantitative estimate of drug-likeness (QED) is 0.176. The van der Waals surface area contributed by atoms with E-state index < -0.39 is 0 Å². The molecule has 0 spiro atoms. The van der Waals surface area contributed by atoms with Crippen LogP contribution < -0.4 is 0 Å². The monoisotopic (exact) mass is 1140 g/mol. The van der Waals surface area contributed by atoms with Crippen molar-refractivity contribution in [1.82, 2.24) is 17.9 Å². The molecule has 8 aromatic heterocycles. The van der Waals surface area contributed by atoms with Crippen molar-refractivity contribution in [2.24, 2.45) is 0 Å². The number of hydrogen-bond acceptors (Lipinski definition) is 2. The van der Waals surface area contributed by atoms with Crippen molar-refractivity contribution >= 4 is 164 Å². The maximum Gasteiger partial charge on any atom is 0.143 e. The highest BCUT2D eigenvalue weighted by Crippen LogP contribution is 2.48. The van der Waals surface area contributed by atoms with Gasteiger partial charge in [-0.05, 0) is 125 Å². The lowest BCUT2D eigenvalue weighted by atomic mass is 10.0. The van der Waals surface area contributed by atoms with Gasteiger partial charge in [-0.25, -0.2) is 0 Å². The molecule has 416 valence electrons. The van der Waals surface area contributed by atoms with Crippen molar-refractivity contribution in [2.45, 2.75) is 0 Å². The molecule has 90 heavy (non-hydrogen) atoms. The summed E-state index contributed by atoms with van der Waals surface area (Å²) >= 11 is 0. The highest BCUT2D eigenvalue weighted by atomic mass is 16.3. The van der Waals surface area contributed by atoms with Gasteiger partial charge in [0, 0.05) is 92.3 Å². The molecule has 6 nitrogen and oxygen atoms in total. The number of benzene rings is 14. The summed E-state index contributed by atoms with van der Waals surface area (Å²) in [6.45, 7) is 0. The molecule has 0 aliphatic rings. The second-order valence-electron chi connectivity index (χ2n) is 24.2. The van der Waals surface area contributed by atoms with Crippen LogP contribution in [-0.2, 0) is 0 Å². The molecule has 0 aliphatic heterocycles. The zero-order valence-corrected chi connectivity index (χ0v) is 48.3. The SMILES string of the molecule is c1ccc2c(c1)oc1c(-c3ccc(-n4c5cccc6c7ccccc7n7c8ccccc8c8ccc4c(c65)c87)cc3)cccc12.c1ccc2c(c1)oc1cc(-c3ccc(-n4c5cccc6c7ccccc7n7c8ccccc8c8ccc4c(c65)c87)cc3)ccc12. The van der Waals surface area contributed by atoms with Crippen LogP contribution >= 0.6 is 0 Å². The zero-order valence-electron chi connectivity index (χ0n) is 48.3. The minimum absolute atomic E-state index is 0.918. The Balaban J connectivity index is 0.000000122. The fourth-order valence-electron chi connectivity index (χ4n) is 16.0. The summed E-state index contributed by atoms with van der Waals surface area (Å²) in [5, 5.41) is 20.1. The van der Waals surface area contributed by atoms with E-state index >= 15 is 0 Å². The topological polar surface area (TPSA) is 45.0 Å². The molecular weight excluding hydrogens is 1100 g/mol. The Morgan fingerprint density at radius 3 is 1.11 bits per heavy atom. The number of fused-ring (bicyclic) bond motifs is 18. The maximum absolute atomic E-state index is 6.37. The molecular formula is C84H48N4O2. The number of nitrogens with zero attached hydrogens (tertiary/aromatic N) is 4. The molecule has 0 radical (unpaired) electrons. The first-order chi connectivity index (χ1) is 44.7. The van der Waals surface area contributed by atoms with E-state index in [4.69, 9.17) is 8.83 Å². The number of hydrogen-bond donors (Lipinski definition) is 0. The van der Waals surface area contributed by atoms with Gasteiger partial charge in [0.15, 0.2) is 0 Å². The Kier molecular flexibility index (Phi) is 9.48. The van der Waals surface area contributed by atoms with Crippen LogP contribution in [0.4, 0.5) is 0 Å². The fourth-order valence-corrected chi connectivity index (χ4v) is 16.0. The standard InChI is InChI=1S/2C42H24N2O/c1-4-15-34-28(9-1)31-13-8-17-36-39(31)40-37(24-23-32-29-10-2-5-16-35(29)44(34)41(32)40)43(36)26-21-19-25(20-22-26)27-12-7-14-33-30-11-3-6-18-38(30)45-42(27)33;1-4-12-34-28(8-1)32-11-7-14-36-40(32)41-37(23-22-33-29-9-2-5-13-35(29)44(34)42(33)41)43(36)27-19-16-25(17-20-27)26-18-21-31-30-10-3-6-15-38(30)45-39(31)24-26/h2*1-24H. The number of furan rings is 2. The van der Waals surface area contributed by atoms with Crippen LogP contribution in [0.2, 0.25) is 0 Å². The van der Waals surface area contributed by atoms with Crippen LogP contribution in [0, 0.1) is 0 Å². The van der Waals surface area contributed by atoms with Crippen LogP contribution in [0.3, 0.4) is 0 Å². The lowest BCUT2D eigenvalue weighted by molar-refractivity contribution is 0.669. The van der Waals surface area contributed by atoms with Crippen molar-refractivity contribution in [3.63, 3.8) is 0 Å². The average Bonchev–Trinajstić information content (AvgIpc) is 1.54. The predicted molar refractivity (Wildman–Crippen MR) is 376 cm³/mol. The summed E-state index contributed by atoms with van der Waals surface area (Å²) in [4.78, 5) is 0. The largest absolute Gasteiger partial charge is 0.456 e. The van der Waals surface area contributed by atoms with Crippen LogP contribution in [-0.4, -0.2) is 17.9 Å². The Bertz CT molecular complexity index is 6760. The molecule has 8 heterocycles. The number of rotatable bonds is 4. The van der Waals surface area contributed by atoms with Crippen LogP contribution in [0.25, 0.3) is 197 Å². The van der Waals surface area contributed by atoms with E-state index in [0.717, 1.165) is 71.9 Å². The molecule has 14 aromatic carbocycles. The predicted octanol–water partition coefficient (Wildman–Crippen LogP) is 23.0. The third-order valence-corrected chi connectivity index (χ3v) is 19.7. The first-order valence-electron chi connectivity index (χ1n) is 30.9. The third-order valence-electron chi connectivity index (χ3n) is 19.7. The normalized spacial score (nSPS) is 12.4. The van der Waals surface area contributed by atoms with E-state index in [1.165, 1.54) is 125 Å². The van der Waals surface area contributed by atoms with Gasteiger partial charge in [0.25, 0.3) is 0 Å². The van der Waals surface area contributed by atoms with Gasteiger partial charge in [-0.1, -0.05) is 194 Å². The summed E-state index contributed by atoms with van der Waals surface area (Å²) in [5.41, 5.74) is 22.9. The number of para-hydroxylation sites is 7. The molecule has 22 aromatic rings. The lowest BCUT2D eigenvalue weighted by Crippen LogP contribution is -1.94. The number of aromatic nitrogens is 4. The molecule has 0 saturated heterocycles. The van der Waals surface area contributed by atoms with E-state index in [1.807, 2.05) is 24.3 Å². The molecule has 6 heteroatoms. The summed E-state index contributed by atoms with van der Waals surface area (Å²) in [6.07, 6.45) is 0. The molecule has 0 saturated carbocycles. The molecule has 0 bridgehead atoms. The fraction of sp³-hybridized carbons (Fsp3) is 0. The first-order valence-corrected chi connectivity index (χ1v) is 30.9. The van der Waals surface area contributed by atoms with Gasteiger partial charge in [0.1, 0.15) is 22.3 Å². The highest BCUT2D eigenvalue weighted by Gasteiger charge is 2.26. The molecule has 0 unspecified atom stereocenters. The van der Waals surface area contributed by atoms with Crippen LogP contribution in [0.5, 0.6) is 0 Å². The smallest absolute Gasteiger partial charge is 0.143 e. The van der Waals surface area contributed by atoms with E-state index in [0.29, 0.717) is 0 Å². The molecule has 0 aliphatic carbocycles. The van der Waals surface area contributed by atoms with Gasteiger partial charge >= 0.3 is 0 Å². The Morgan fingerprint density at radius 2 is 0.578 bits per heavy atom. The molecule has 22 rings (SSSR count). The van der Waals surface area contributed by atoms with Gasteiger partial charge in [-0.15, -0.1) is 0 Å². The second-order valence-corrected chi connectivity index (χ2v) is 24.2. The van der Waals surface area contributed by atoms with Gasteiger partial charge in [0.05, 0.1) is 55.2 Å². The van der Waals surface area contributed by atoms with E-state index in [1.54, 1.807) is 0 Å². The van der Waals surface area contributed by atoms with Crippen molar-refractivity contribution in [3.8, 4) is 33.6 Å². The third kappa shape index (κ3) is 6.35. The first kappa shape index (κ1) is 48.0. The van der Waals surface area contributed by atoms with E-state index in [9.17, 15) is 0 Å². The minimum Gasteiger partial charge on any atom is -0.456 e. The molecule has 0 amide bonds. The van der Waals surface area contributed by atoms with E-state index in [2.05, 4.69) is 285 Å². The van der Waals surface area contributed by atoms with Gasteiger partial charge < -0.3 is 26.8 Å². The minimum atomic E-state index is 0.918. The Morgan fingerprint density at radius 1 is 0.211 bits per heavy atom. The molecule has 0 atom stereocenters. The highest BCUT2D eigenvalue weighted by molar-refractivity contribution is 6.35.